The molecule has 0 radical (unpaired) electrons. The molecule has 0 heterocycles. The Bertz CT molecular complexity index is 97.2. The van der Waals surface area contributed by atoms with Crippen molar-refractivity contribution in [2.75, 3.05) is 0 Å². The summed E-state index contributed by atoms with van der Waals surface area (Å²) in [5.41, 5.74) is 0.809. The molecule has 0 aromatic heterocycles. The van der Waals surface area contributed by atoms with Crippen molar-refractivity contribution in [1.29, 1.82) is 0 Å². The fraction of sp³-hybridized carbons (Fsp3) is 1.00. The largest absolute Gasteiger partial charge is 0.176 e. The summed E-state index contributed by atoms with van der Waals surface area (Å²) in [6.07, 6.45) is 5.16. The lowest BCUT2D eigenvalue weighted by Gasteiger charge is -2.21. The van der Waals surface area contributed by atoms with Crippen LogP contribution in [0.15, 0.2) is 0 Å². The van der Waals surface area contributed by atoms with Gasteiger partial charge in [-0.25, -0.2) is 0 Å². The van der Waals surface area contributed by atoms with E-state index in [2.05, 4.69) is 12.6 Å². The average Bonchev–Trinajstić information content (AvgIpc) is 1.90. The van der Waals surface area contributed by atoms with E-state index in [0.717, 1.165) is 5.66 Å². The van der Waals surface area contributed by atoms with Crippen LogP contribution < -0.4 is 0 Å². The van der Waals surface area contributed by atoms with Gasteiger partial charge in [-0.05, 0) is 33.0 Å². The molecule has 1 saturated carbocycles. The molecule has 1 fully saturated rings. The first-order valence-corrected chi connectivity index (χ1v) is 5.83. The highest BCUT2D eigenvalue weighted by atomic mass is 32.4. The lowest BCUT2D eigenvalue weighted by Crippen LogP contribution is -2.13. The third-order valence-electron chi connectivity index (χ3n) is 1.82. The Kier molecular flexibility index (Phi) is 3.45. The number of rotatable bonds is 1. The normalized spacial score (nSPS) is 37.0. The Balaban J connectivity index is 2.26. The van der Waals surface area contributed by atoms with Crippen LogP contribution in [0.4, 0.5) is 0 Å². The van der Waals surface area contributed by atoms with Crippen molar-refractivity contribution in [3.05, 3.63) is 0 Å². The minimum Gasteiger partial charge on any atom is -0.176 e. The summed E-state index contributed by atoms with van der Waals surface area (Å²) in [6, 6.07) is 0. The van der Waals surface area contributed by atoms with Gasteiger partial charge in [0.25, 0.3) is 0 Å². The van der Waals surface area contributed by atoms with E-state index in [1.54, 1.807) is 0 Å². The fourth-order valence-electron chi connectivity index (χ4n) is 1.16. The zero-order chi connectivity index (χ0) is 6.69. The first-order valence-electron chi connectivity index (χ1n) is 3.33. The van der Waals surface area contributed by atoms with Gasteiger partial charge < -0.3 is 0 Å². The second-order valence-corrected chi connectivity index (χ2v) is 4.87. The van der Waals surface area contributed by atoms with E-state index in [1.165, 1.54) is 33.0 Å². The quantitative estimate of drug-likeness (QED) is 0.476. The topological polar surface area (TPSA) is 0 Å². The van der Waals surface area contributed by atoms with Gasteiger partial charge in [-0.3, -0.25) is 0 Å². The predicted molar refractivity (Wildman–Crippen MR) is 49.3 cm³/mol. The van der Waals surface area contributed by atoms with Gasteiger partial charge >= 0.3 is 0 Å². The molecule has 0 bridgehead atoms. The molecule has 0 aromatic rings. The smallest absolute Gasteiger partial charge is 0.0114 e. The fourth-order valence-corrected chi connectivity index (χ4v) is 2.60. The predicted octanol–water partition coefficient (Wildman–Crippen LogP) is 2.64. The van der Waals surface area contributed by atoms with Gasteiger partial charge in [-0.2, -0.15) is 12.6 Å². The summed E-state index contributed by atoms with van der Waals surface area (Å²) in [6.45, 7) is 0. The Morgan fingerprint density at radius 2 is 1.78 bits per heavy atom. The standard InChI is InChI=1S/C6H11PS2/c8-6-3-1-5(7-9)2-4-6/h5-6,8H,1-4H2. The van der Waals surface area contributed by atoms with Crippen LogP contribution in [0, 0.1) is 0 Å². The Hall–Kier alpha value is 0.870. The van der Waals surface area contributed by atoms with Gasteiger partial charge in [0.1, 0.15) is 0 Å². The Morgan fingerprint density at radius 3 is 2.22 bits per heavy atom. The molecular formula is C6H11PS2. The van der Waals surface area contributed by atoms with Crippen molar-refractivity contribution in [1.82, 2.24) is 0 Å². The molecule has 0 nitrogen and oxygen atoms in total. The van der Waals surface area contributed by atoms with Crippen LogP contribution >= 0.6 is 20.0 Å². The first kappa shape index (κ1) is 7.97. The number of thiol groups is 1. The monoisotopic (exact) mass is 178 g/mol. The lowest BCUT2D eigenvalue weighted by atomic mass is 10.00. The van der Waals surface area contributed by atoms with E-state index in [0.29, 0.717) is 5.25 Å². The molecule has 0 atom stereocenters. The maximum Gasteiger partial charge on any atom is 0.0114 e. The molecule has 0 unspecified atom stereocenters. The summed E-state index contributed by atoms with van der Waals surface area (Å²) in [7, 11) is 1.17. The Morgan fingerprint density at radius 1 is 1.22 bits per heavy atom. The van der Waals surface area contributed by atoms with Crippen LogP contribution in [0.3, 0.4) is 0 Å². The summed E-state index contributed by atoms with van der Waals surface area (Å²) >= 11 is 9.36. The molecule has 0 aliphatic heterocycles. The molecule has 0 N–H and O–H groups in total. The van der Waals surface area contributed by atoms with Crippen molar-refractivity contribution >= 4 is 31.8 Å². The van der Waals surface area contributed by atoms with E-state index >= 15 is 0 Å². The molecule has 0 spiro atoms. The molecule has 0 saturated heterocycles. The van der Waals surface area contributed by atoms with Crippen LogP contribution in [0.2, 0.25) is 0 Å². The van der Waals surface area contributed by atoms with Gasteiger partial charge in [0.2, 0.25) is 0 Å². The van der Waals surface area contributed by atoms with Crippen molar-refractivity contribution in [2.45, 2.75) is 36.6 Å². The van der Waals surface area contributed by atoms with Gasteiger partial charge in [-0.15, -0.1) is 0 Å². The summed E-state index contributed by atoms with van der Waals surface area (Å²) in [5.74, 6) is 0. The van der Waals surface area contributed by atoms with E-state index in [1.807, 2.05) is 0 Å². The molecule has 1 aliphatic rings. The molecule has 0 aromatic carbocycles. The third-order valence-corrected chi connectivity index (χ3v) is 4.04. The third kappa shape index (κ3) is 2.53. The maximum absolute atomic E-state index is 4.96. The van der Waals surface area contributed by atoms with Crippen LogP contribution in [0.5, 0.6) is 0 Å². The van der Waals surface area contributed by atoms with E-state index in [4.69, 9.17) is 11.8 Å². The zero-order valence-corrected chi connectivity index (χ0v) is 7.89. The second-order valence-electron chi connectivity index (χ2n) is 2.57. The second kappa shape index (κ2) is 3.90. The SMILES string of the molecule is S=PC1CCC(S)CC1. The van der Waals surface area contributed by atoms with Gasteiger partial charge in [0.15, 0.2) is 0 Å². The molecule has 9 heavy (non-hydrogen) atoms. The molecule has 3 heteroatoms. The van der Waals surface area contributed by atoms with Crippen LogP contribution in [0.25, 0.3) is 0 Å². The van der Waals surface area contributed by atoms with Gasteiger partial charge in [-0.1, -0.05) is 11.8 Å². The Labute approximate surface area is 68.7 Å². The summed E-state index contributed by atoms with van der Waals surface area (Å²) in [4.78, 5) is 0. The van der Waals surface area contributed by atoms with E-state index in [-0.39, 0.29) is 0 Å². The highest BCUT2D eigenvalue weighted by Gasteiger charge is 2.16. The summed E-state index contributed by atoms with van der Waals surface area (Å²) < 4.78 is 0. The average molecular weight is 178 g/mol. The molecular weight excluding hydrogens is 167 g/mol. The summed E-state index contributed by atoms with van der Waals surface area (Å²) in [5, 5.41) is 0.665. The van der Waals surface area contributed by atoms with E-state index < -0.39 is 0 Å². The number of hydrogen-bond acceptors (Lipinski definition) is 2. The van der Waals surface area contributed by atoms with Crippen LogP contribution in [0.1, 0.15) is 25.7 Å². The first-order chi connectivity index (χ1) is 4.33. The highest BCUT2D eigenvalue weighted by Crippen LogP contribution is 2.29. The zero-order valence-electron chi connectivity index (χ0n) is 5.29. The number of hydrogen-bond donors (Lipinski definition) is 1. The van der Waals surface area contributed by atoms with Crippen LogP contribution in [-0.4, -0.2) is 10.9 Å². The van der Waals surface area contributed by atoms with Crippen molar-refractivity contribution in [3.63, 3.8) is 0 Å². The van der Waals surface area contributed by atoms with Gasteiger partial charge in [0.05, 0.1) is 0 Å². The minimum absolute atomic E-state index is 0.665. The minimum atomic E-state index is 0.665. The van der Waals surface area contributed by atoms with Crippen molar-refractivity contribution in [3.8, 4) is 0 Å². The van der Waals surface area contributed by atoms with Crippen molar-refractivity contribution < 1.29 is 0 Å². The maximum atomic E-state index is 4.96. The molecule has 1 rings (SSSR count). The highest BCUT2D eigenvalue weighted by molar-refractivity contribution is 7.96. The van der Waals surface area contributed by atoms with E-state index in [9.17, 15) is 0 Å². The molecule has 1 aliphatic carbocycles. The van der Waals surface area contributed by atoms with Gasteiger partial charge in [0, 0.05) is 10.9 Å². The molecule has 0 amide bonds. The van der Waals surface area contributed by atoms with Crippen molar-refractivity contribution in [2.24, 2.45) is 0 Å². The lowest BCUT2D eigenvalue weighted by molar-refractivity contribution is 0.530. The molecule has 52 valence electrons. The van der Waals surface area contributed by atoms with Crippen LogP contribution in [-0.2, 0) is 11.8 Å².